The van der Waals surface area contributed by atoms with Gasteiger partial charge in [0.05, 0.1) is 23.9 Å². The molecule has 2 aliphatic heterocycles. The molecule has 1 fully saturated rings. The van der Waals surface area contributed by atoms with Gasteiger partial charge in [0.25, 0.3) is 0 Å². The van der Waals surface area contributed by atoms with E-state index in [1.807, 2.05) is 6.08 Å². The Balaban J connectivity index is 2.27. The van der Waals surface area contributed by atoms with Gasteiger partial charge in [0, 0.05) is 18.9 Å². The topological polar surface area (TPSA) is 58.9 Å². The lowest BCUT2D eigenvalue weighted by atomic mass is 9.79. The van der Waals surface area contributed by atoms with Crippen LogP contribution in [0.1, 0.15) is 74.7 Å². The summed E-state index contributed by atoms with van der Waals surface area (Å²) in [6.07, 6.45) is 2.73. The lowest BCUT2D eigenvalue weighted by molar-refractivity contribution is -0.140. The van der Waals surface area contributed by atoms with Crippen LogP contribution >= 0.6 is 0 Å². The zero-order chi connectivity index (χ0) is 22.1. The molecular formula is C24H44O4Si. The second-order valence-electron chi connectivity index (χ2n) is 10.5. The summed E-state index contributed by atoms with van der Waals surface area (Å²) in [5.74, 6) is 0.0544. The second-order valence-corrected chi connectivity index (χ2v) is 16.0. The molecule has 0 radical (unpaired) electrons. The highest BCUT2D eigenvalue weighted by molar-refractivity contribution is 6.77. The normalized spacial score (nSPS) is 32.4. The van der Waals surface area contributed by atoms with E-state index < -0.39 is 20.0 Å². The van der Waals surface area contributed by atoms with Crippen molar-refractivity contribution < 1.29 is 19.4 Å². The second kappa shape index (κ2) is 9.35. The Morgan fingerprint density at radius 2 is 1.72 bits per heavy atom. The molecule has 2 aliphatic rings. The largest absolute Gasteiger partial charge is 0.415 e. The third-order valence-corrected chi connectivity index (χ3v) is 13.4. The molecule has 0 aromatic carbocycles. The Labute approximate surface area is 179 Å². The van der Waals surface area contributed by atoms with E-state index >= 15 is 0 Å². The first-order chi connectivity index (χ1) is 13.3. The third kappa shape index (κ3) is 5.07. The van der Waals surface area contributed by atoms with Crippen LogP contribution in [0.25, 0.3) is 0 Å². The molecule has 168 valence electrons. The number of hydrogen-bond acceptors (Lipinski definition) is 4. The standard InChI is InChI=1S/C24H44O4Si/c1-15(2)29(16(3)4,17(5)6)27-14-19(8)20-12-22-18(7)10-11-23(28-22)24(9,26)13-21(20)25/h12,15-17,19,21-23,25-26H,7,10-11,13-14H2,1-6,8-9H3/t19-,21+,22+,23+,24-/m1/s1. The molecule has 2 bridgehead atoms. The average Bonchev–Trinajstić information content (AvgIpc) is 2.58. The fraction of sp³-hybridized carbons (Fsp3) is 0.833. The lowest BCUT2D eigenvalue weighted by Crippen LogP contribution is -2.50. The van der Waals surface area contributed by atoms with Crippen molar-refractivity contribution >= 4 is 8.32 Å². The van der Waals surface area contributed by atoms with Crippen LogP contribution in [0, 0.1) is 5.92 Å². The first kappa shape index (κ1) is 24.8. The minimum atomic E-state index is -1.97. The molecule has 2 N–H and O–H groups in total. The van der Waals surface area contributed by atoms with E-state index in [1.54, 1.807) is 6.92 Å². The number of aliphatic hydroxyl groups excluding tert-OH is 1. The fourth-order valence-corrected chi connectivity index (χ4v) is 11.2. The van der Waals surface area contributed by atoms with Gasteiger partial charge in [0.1, 0.15) is 0 Å². The Hall–Kier alpha value is -0.463. The molecule has 0 aromatic heterocycles. The number of ether oxygens (including phenoxy) is 1. The molecular weight excluding hydrogens is 380 g/mol. The Kier molecular flexibility index (Phi) is 8.00. The number of aliphatic hydroxyl groups is 2. The number of fused-ring (bicyclic) bond motifs is 2. The van der Waals surface area contributed by atoms with Crippen molar-refractivity contribution in [3.8, 4) is 0 Å². The summed E-state index contributed by atoms with van der Waals surface area (Å²) in [4.78, 5) is 0. The maximum absolute atomic E-state index is 11.0. The number of rotatable bonds is 7. The van der Waals surface area contributed by atoms with Crippen LogP contribution in [0.5, 0.6) is 0 Å². The van der Waals surface area contributed by atoms with Crippen molar-refractivity contribution in [1.29, 1.82) is 0 Å². The highest BCUT2D eigenvalue weighted by Crippen LogP contribution is 2.43. The van der Waals surface area contributed by atoms with Gasteiger partial charge in [-0.25, -0.2) is 0 Å². The van der Waals surface area contributed by atoms with Crippen molar-refractivity contribution in [3.05, 3.63) is 23.8 Å². The van der Waals surface area contributed by atoms with Gasteiger partial charge in [0.15, 0.2) is 8.32 Å². The minimum absolute atomic E-state index is 0.0544. The Morgan fingerprint density at radius 1 is 1.17 bits per heavy atom. The molecule has 5 heteroatoms. The van der Waals surface area contributed by atoms with Gasteiger partial charge in [-0.3, -0.25) is 0 Å². The lowest BCUT2D eigenvalue weighted by Gasteiger charge is -2.44. The Morgan fingerprint density at radius 3 is 2.24 bits per heavy atom. The van der Waals surface area contributed by atoms with Gasteiger partial charge in [-0.1, -0.05) is 55.0 Å². The minimum Gasteiger partial charge on any atom is -0.415 e. The summed E-state index contributed by atoms with van der Waals surface area (Å²) >= 11 is 0. The van der Waals surface area contributed by atoms with E-state index in [-0.39, 0.29) is 24.5 Å². The number of hydrogen-bond donors (Lipinski definition) is 2. The predicted octanol–water partition coefficient (Wildman–Crippen LogP) is 5.36. The van der Waals surface area contributed by atoms with Crippen LogP contribution in [0.3, 0.4) is 0 Å². The van der Waals surface area contributed by atoms with Crippen molar-refractivity contribution in [2.45, 2.75) is 115 Å². The van der Waals surface area contributed by atoms with Crippen LogP contribution in [0.15, 0.2) is 23.8 Å². The van der Waals surface area contributed by atoms with Gasteiger partial charge in [-0.05, 0) is 53.6 Å². The summed E-state index contributed by atoms with van der Waals surface area (Å²) < 4.78 is 13.0. The van der Waals surface area contributed by atoms with E-state index in [2.05, 4.69) is 55.0 Å². The zero-order valence-electron chi connectivity index (χ0n) is 19.9. The van der Waals surface area contributed by atoms with Crippen LogP contribution in [-0.2, 0) is 9.16 Å². The molecule has 29 heavy (non-hydrogen) atoms. The summed E-state index contributed by atoms with van der Waals surface area (Å²) in [5.41, 5.74) is 2.45. The highest BCUT2D eigenvalue weighted by atomic mass is 28.4. The van der Waals surface area contributed by atoms with Gasteiger partial charge in [-0.15, -0.1) is 0 Å². The molecule has 5 atom stereocenters. The third-order valence-electron chi connectivity index (χ3n) is 7.33. The van der Waals surface area contributed by atoms with Gasteiger partial charge in [0.2, 0.25) is 0 Å². The van der Waals surface area contributed by atoms with E-state index in [0.29, 0.717) is 23.2 Å². The molecule has 0 spiro atoms. The average molecular weight is 425 g/mol. The molecule has 2 heterocycles. The molecule has 0 unspecified atom stereocenters. The molecule has 2 rings (SSSR count). The maximum atomic E-state index is 11.0. The molecule has 0 aliphatic carbocycles. The van der Waals surface area contributed by atoms with Crippen molar-refractivity contribution in [2.24, 2.45) is 5.92 Å². The summed E-state index contributed by atoms with van der Waals surface area (Å²) in [6, 6.07) is 0. The first-order valence-corrected chi connectivity index (χ1v) is 13.6. The van der Waals surface area contributed by atoms with Crippen LogP contribution < -0.4 is 0 Å². The molecule has 1 saturated heterocycles. The summed E-state index contributed by atoms with van der Waals surface area (Å²) in [5, 5.41) is 22.0. The monoisotopic (exact) mass is 424 g/mol. The van der Waals surface area contributed by atoms with Gasteiger partial charge in [-0.2, -0.15) is 0 Å². The first-order valence-electron chi connectivity index (χ1n) is 11.4. The molecule has 0 amide bonds. The molecule has 0 saturated carbocycles. The smallest absolute Gasteiger partial charge is 0.200 e. The van der Waals surface area contributed by atoms with Crippen molar-refractivity contribution in [2.75, 3.05) is 6.61 Å². The SMILES string of the molecule is C=C1CC[C@@H]2O[C@H]1C=C([C@H](C)CO[Si](C(C)C)(C(C)C)C(C)C)[C@@H](O)C[C@@]2(C)O. The van der Waals surface area contributed by atoms with E-state index in [9.17, 15) is 10.2 Å². The van der Waals surface area contributed by atoms with E-state index in [4.69, 9.17) is 9.16 Å². The van der Waals surface area contributed by atoms with Gasteiger partial charge < -0.3 is 19.4 Å². The fourth-order valence-electron chi connectivity index (χ4n) is 5.70. The van der Waals surface area contributed by atoms with Crippen molar-refractivity contribution in [3.63, 3.8) is 0 Å². The van der Waals surface area contributed by atoms with Crippen LogP contribution in [-0.4, -0.2) is 49.1 Å². The zero-order valence-corrected chi connectivity index (χ0v) is 20.9. The summed E-state index contributed by atoms with van der Waals surface area (Å²) in [7, 11) is -1.97. The van der Waals surface area contributed by atoms with E-state index in [1.165, 1.54) is 0 Å². The van der Waals surface area contributed by atoms with Crippen LogP contribution in [0.4, 0.5) is 0 Å². The summed E-state index contributed by atoms with van der Waals surface area (Å²) in [6.45, 7) is 22.4. The maximum Gasteiger partial charge on any atom is 0.200 e. The predicted molar refractivity (Wildman–Crippen MR) is 123 cm³/mol. The highest BCUT2D eigenvalue weighted by Gasteiger charge is 2.46. The Bertz CT molecular complexity index is 586. The van der Waals surface area contributed by atoms with Crippen LogP contribution in [0.2, 0.25) is 16.6 Å². The van der Waals surface area contributed by atoms with Gasteiger partial charge >= 0.3 is 0 Å². The quantitative estimate of drug-likeness (QED) is 0.427. The molecule has 4 nitrogen and oxygen atoms in total. The van der Waals surface area contributed by atoms with E-state index in [0.717, 1.165) is 24.0 Å². The van der Waals surface area contributed by atoms with Crippen molar-refractivity contribution in [1.82, 2.24) is 0 Å². The molecule has 0 aromatic rings.